The second kappa shape index (κ2) is 7.30. The third-order valence-corrected chi connectivity index (χ3v) is 4.40. The molecule has 1 aromatic carbocycles. The Hall–Kier alpha value is -0.770. The minimum atomic E-state index is 0.249. The van der Waals surface area contributed by atoms with Crippen molar-refractivity contribution in [2.24, 2.45) is 0 Å². The van der Waals surface area contributed by atoms with Crippen LogP contribution >= 0.6 is 23.2 Å². The van der Waals surface area contributed by atoms with Crippen molar-refractivity contribution in [1.82, 2.24) is 10.2 Å². The molecule has 1 heterocycles. The first-order chi connectivity index (χ1) is 9.58. The zero-order valence-electron chi connectivity index (χ0n) is 11.7. The Labute approximate surface area is 130 Å². The lowest BCUT2D eigenvalue weighted by molar-refractivity contribution is -0.134. The van der Waals surface area contributed by atoms with E-state index in [0.29, 0.717) is 22.5 Å². The van der Waals surface area contributed by atoms with E-state index in [4.69, 9.17) is 23.2 Å². The van der Waals surface area contributed by atoms with Crippen LogP contribution in [0.3, 0.4) is 0 Å². The van der Waals surface area contributed by atoms with Gasteiger partial charge in [0.1, 0.15) is 0 Å². The number of carbonyl (C=O) groups is 1. The first-order valence-corrected chi connectivity index (χ1v) is 7.77. The number of carbonyl (C=O) groups excluding carboxylic acids is 1. The topological polar surface area (TPSA) is 32.3 Å². The molecule has 3 nitrogen and oxygen atoms in total. The summed E-state index contributed by atoms with van der Waals surface area (Å²) in [6, 6.07) is 5.94. The summed E-state index contributed by atoms with van der Waals surface area (Å²) in [6.45, 7) is 4.68. The number of rotatable bonds is 4. The number of aryl methyl sites for hydroxylation is 1. The molecule has 1 saturated heterocycles. The Balaban J connectivity index is 1.80. The number of hydrogen-bond donors (Lipinski definition) is 1. The third kappa shape index (κ3) is 4.11. The van der Waals surface area contributed by atoms with Crippen molar-refractivity contribution in [1.29, 1.82) is 0 Å². The van der Waals surface area contributed by atoms with Crippen LogP contribution in [0.4, 0.5) is 0 Å². The van der Waals surface area contributed by atoms with Gasteiger partial charge in [-0.15, -0.1) is 0 Å². The summed E-state index contributed by atoms with van der Waals surface area (Å²) in [5.41, 5.74) is 1.13. The second-order valence-electron chi connectivity index (χ2n) is 5.24. The van der Waals surface area contributed by atoms with E-state index in [2.05, 4.69) is 12.2 Å². The van der Waals surface area contributed by atoms with E-state index in [-0.39, 0.29) is 5.91 Å². The van der Waals surface area contributed by atoms with E-state index in [0.717, 1.165) is 38.0 Å². The fourth-order valence-electron chi connectivity index (χ4n) is 2.49. The number of benzene rings is 1. The molecule has 110 valence electrons. The average Bonchev–Trinajstić information content (AvgIpc) is 2.43. The highest BCUT2D eigenvalue weighted by Crippen LogP contribution is 2.23. The molecule has 20 heavy (non-hydrogen) atoms. The quantitative estimate of drug-likeness (QED) is 0.926. The normalized spacial score (nSPS) is 19.1. The molecule has 1 aliphatic rings. The predicted molar refractivity (Wildman–Crippen MR) is 83.4 cm³/mol. The van der Waals surface area contributed by atoms with Gasteiger partial charge in [-0.1, -0.05) is 29.3 Å². The lowest BCUT2D eigenvalue weighted by Gasteiger charge is -2.34. The monoisotopic (exact) mass is 314 g/mol. The maximum Gasteiger partial charge on any atom is 0.222 e. The maximum absolute atomic E-state index is 12.2. The first-order valence-electron chi connectivity index (χ1n) is 7.02. The van der Waals surface area contributed by atoms with Gasteiger partial charge in [0, 0.05) is 32.1 Å². The van der Waals surface area contributed by atoms with Crippen molar-refractivity contribution in [3.8, 4) is 0 Å². The molecule has 1 atom stereocenters. The van der Waals surface area contributed by atoms with E-state index in [9.17, 15) is 4.79 Å². The average molecular weight is 315 g/mol. The molecule has 1 N–H and O–H groups in total. The van der Waals surface area contributed by atoms with Crippen molar-refractivity contribution in [3.05, 3.63) is 33.8 Å². The summed E-state index contributed by atoms with van der Waals surface area (Å²) in [5.74, 6) is 0.249. The van der Waals surface area contributed by atoms with Crippen LogP contribution in [0.15, 0.2) is 18.2 Å². The lowest BCUT2D eigenvalue weighted by atomic mass is 10.1. The lowest BCUT2D eigenvalue weighted by Crippen LogP contribution is -2.52. The van der Waals surface area contributed by atoms with Gasteiger partial charge in [0.05, 0.1) is 10.0 Å². The number of piperazine rings is 1. The molecule has 0 bridgehead atoms. The largest absolute Gasteiger partial charge is 0.337 e. The molecule has 0 radical (unpaired) electrons. The summed E-state index contributed by atoms with van der Waals surface area (Å²) in [4.78, 5) is 14.1. The number of halogens is 2. The standard InChI is InChI=1S/C15H20Cl2N2O/c1-11-10-18-7-8-19(11)15(20)4-2-3-12-5-6-13(16)14(17)9-12/h5-6,9,11,18H,2-4,7-8,10H2,1H3. The molecule has 0 spiro atoms. The SMILES string of the molecule is CC1CNCCN1C(=O)CCCc1ccc(Cl)c(Cl)c1. The van der Waals surface area contributed by atoms with Gasteiger partial charge in [-0.2, -0.15) is 0 Å². The third-order valence-electron chi connectivity index (χ3n) is 3.66. The van der Waals surface area contributed by atoms with Crippen molar-refractivity contribution in [3.63, 3.8) is 0 Å². The minimum absolute atomic E-state index is 0.249. The second-order valence-corrected chi connectivity index (χ2v) is 6.06. The van der Waals surface area contributed by atoms with E-state index in [1.807, 2.05) is 17.0 Å². The molecule has 1 aromatic rings. The van der Waals surface area contributed by atoms with Gasteiger partial charge >= 0.3 is 0 Å². The molecule has 1 aliphatic heterocycles. The van der Waals surface area contributed by atoms with Crippen LogP contribution in [0.25, 0.3) is 0 Å². The number of nitrogens with zero attached hydrogens (tertiary/aromatic N) is 1. The zero-order chi connectivity index (χ0) is 14.5. The van der Waals surface area contributed by atoms with E-state index in [1.165, 1.54) is 0 Å². The number of nitrogens with one attached hydrogen (secondary N) is 1. The fourth-order valence-corrected chi connectivity index (χ4v) is 2.81. The summed E-state index contributed by atoms with van der Waals surface area (Å²) >= 11 is 11.9. The van der Waals surface area contributed by atoms with E-state index >= 15 is 0 Å². The van der Waals surface area contributed by atoms with Gasteiger partial charge in [-0.05, 0) is 37.5 Å². The minimum Gasteiger partial charge on any atom is -0.337 e. The Morgan fingerprint density at radius 3 is 2.90 bits per heavy atom. The number of hydrogen-bond acceptors (Lipinski definition) is 2. The van der Waals surface area contributed by atoms with E-state index < -0.39 is 0 Å². The summed E-state index contributed by atoms with van der Waals surface area (Å²) in [5, 5.41) is 4.44. The van der Waals surface area contributed by atoms with E-state index in [1.54, 1.807) is 6.07 Å². The fraction of sp³-hybridized carbons (Fsp3) is 0.533. The highest BCUT2D eigenvalue weighted by molar-refractivity contribution is 6.42. The van der Waals surface area contributed by atoms with Crippen LogP contribution in [0.1, 0.15) is 25.3 Å². The highest BCUT2D eigenvalue weighted by Gasteiger charge is 2.22. The van der Waals surface area contributed by atoms with Crippen molar-refractivity contribution < 1.29 is 4.79 Å². The van der Waals surface area contributed by atoms with Crippen LogP contribution in [-0.2, 0) is 11.2 Å². The Morgan fingerprint density at radius 1 is 1.40 bits per heavy atom. The molecule has 5 heteroatoms. The van der Waals surface area contributed by atoms with Crippen molar-refractivity contribution >= 4 is 29.1 Å². The van der Waals surface area contributed by atoms with Gasteiger partial charge in [-0.3, -0.25) is 4.79 Å². The maximum atomic E-state index is 12.2. The molecule has 0 saturated carbocycles. The molecule has 1 unspecified atom stereocenters. The Kier molecular flexibility index (Phi) is 5.70. The molecular formula is C15H20Cl2N2O. The highest BCUT2D eigenvalue weighted by atomic mass is 35.5. The van der Waals surface area contributed by atoms with Gasteiger partial charge in [0.2, 0.25) is 5.91 Å². The van der Waals surface area contributed by atoms with Crippen molar-refractivity contribution in [2.75, 3.05) is 19.6 Å². The van der Waals surface area contributed by atoms with Crippen LogP contribution < -0.4 is 5.32 Å². The molecule has 0 aliphatic carbocycles. The molecule has 0 aromatic heterocycles. The molecular weight excluding hydrogens is 295 g/mol. The zero-order valence-corrected chi connectivity index (χ0v) is 13.2. The first kappa shape index (κ1) is 15.6. The Morgan fingerprint density at radius 2 is 2.20 bits per heavy atom. The Bertz CT molecular complexity index is 479. The van der Waals surface area contributed by atoms with Gasteiger partial charge in [0.15, 0.2) is 0 Å². The number of amides is 1. The molecule has 2 rings (SSSR count). The van der Waals surface area contributed by atoms with Gasteiger partial charge in [0.25, 0.3) is 0 Å². The van der Waals surface area contributed by atoms with Crippen molar-refractivity contribution in [2.45, 2.75) is 32.2 Å². The van der Waals surface area contributed by atoms with Crippen LogP contribution in [-0.4, -0.2) is 36.5 Å². The summed E-state index contributed by atoms with van der Waals surface area (Å²) in [7, 11) is 0. The molecule has 1 fully saturated rings. The van der Waals surface area contributed by atoms with Gasteiger partial charge < -0.3 is 10.2 Å². The smallest absolute Gasteiger partial charge is 0.222 e. The van der Waals surface area contributed by atoms with Crippen LogP contribution in [0, 0.1) is 0 Å². The van der Waals surface area contributed by atoms with Crippen LogP contribution in [0.2, 0.25) is 10.0 Å². The summed E-state index contributed by atoms with van der Waals surface area (Å²) in [6.07, 6.45) is 2.28. The predicted octanol–water partition coefficient (Wildman–Crippen LogP) is 3.14. The molecule has 1 amide bonds. The van der Waals surface area contributed by atoms with Crippen LogP contribution in [0.5, 0.6) is 0 Å². The van der Waals surface area contributed by atoms with Gasteiger partial charge in [-0.25, -0.2) is 0 Å². The summed E-state index contributed by atoms with van der Waals surface area (Å²) < 4.78 is 0.